The van der Waals surface area contributed by atoms with Crippen LogP contribution in [-0.2, 0) is 6.18 Å². The molecule has 0 aliphatic carbocycles. The summed E-state index contributed by atoms with van der Waals surface area (Å²) in [6, 6.07) is 2.10. The zero-order valence-corrected chi connectivity index (χ0v) is 12.9. The van der Waals surface area contributed by atoms with E-state index < -0.39 is 11.7 Å². The average molecular weight is 338 g/mol. The highest BCUT2D eigenvalue weighted by molar-refractivity contribution is 5.42. The molecule has 5 nitrogen and oxygen atoms in total. The third kappa shape index (κ3) is 4.12. The van der Waals surface area contributed by atoms with Gasteiger partial charge in [-0.05, 0) is 30.9 Å². The van der Waals surface area contributed by atoms with Crippen LogP contribution in [0.25, 0.3) is 0 Å². The number of pyridine rings is 1. The second-order valence-corrected chi connectivity index (χ2v) is 5.69. The number of rotatable bonds is 4. The first-order chi connectivity index (χ1) is 11.5. The SMILES string of the molecule is FC(F)(F)c1ccnc(N2CCC(COc3cnccn3)CC2)c1. The van der Waals surface area contributed by atoms with Crippen LogP contribution >= 0.6 is 0 Å². The number of anilines is 1. The first-order valence-corrected chi connectivity index (χ1v) is 7.69. The summed E-state index contributed by atoms with van der Waals surface area (Å²) >= 11 is 0. The van der Waals surface area contributed by atoms with Crippen LogP contribution in [0.15, 0.2) is 36.9 Å². The van der Waals surface area contributed by atoms with Crippen LogP contribution in [0, 0.1) is 5.92 Å². The van der Waals surface area contributed by atoms with E-state index in [1.807, 2.05) is 4.90 Å². The van der Waals surface area contributed by atoms with Gasteiger partial charge in [0.15, 0.2) is 0 Å². The van der Waals surface area contributed by atoms with E-state index in [1.54, 1.807) is 18.6 Å². The van der Waals surface area contributed by atoms with Gasteiger partial charge in [0.25, 0.3) is 0 Å². The van der Waals surface area contributed by atoms with Crippen LogP contribution in [0.4, 0.5) is 19.0 Å². The van der Waals surface area contributed by atoms with Crippen LogP contribution in [0.3, 0.4) is 0 Å². The Balaban J connectivity index is 1.53. The van der Waals surface area contributed by atoms with Crippen molar-refractivity contribution in [3.63, 3.8) is 0 Å². The van der Waals surface area contributed by atoms with Gasteiger partial charge in [-0.25, -0.2) is 9.97 Å². The van der Waals surface area contributed by atoms with Crippen molar-refractivity contribution in [2.75, 3.05) is 24.6 Å². The fourth-order valence-electron chi connectivity index (χ4n) is 2.66. The summed E-state index contributed by atoms with van der Waals surface area (Å²) in [6.07, 6.45) is 3.23. The van der Waals surface area contributed by atoms with Crippen molar-refractivity contribution in [3.05, 3.63) is 42.5 Å². The normalized spacial score (nSPS) is 16.2. The number of alkyl halides is 3. The highest BCUT2D eigenvalue weighted by Gasteiger charge is 2.31. The third-order valence-electron chi connectivity index (χ3n) is 4.02. The predicted octanol–water partition coefficient (Wildman–Crippen LogP) is 3.19. The van der Waals surface area contributed by atoms with E-state index in [0.717, 1.165) is 25.0 Å². The maximum absolute atomic E-state index is 12.8. The first kappa shape index (κ1) is 16.5. The maximum atomic E-state index is 12.8. The van der Waals surface area contributed by atoms with Crippen LogP contribution in [0.2, 0.25) is 0 Å². The Kier molecular flexibility index (Phi) is 4.82. The zero-order chi connectivity index (χ0) is 17.0. The quantitative estimate of drug-likeness (QED) is 0.857. The van der Waals surface area contributed by atoms with Gasteiger partial charge in [0.05, 0.1) is 18.4 Å². The van der Waals surface area contributed by atoms with E-state index in [-0.39, 0.29) is 0 Å². The lowest BCUT2D eigenvalue weighted by Crippen LogP contribution is -2.36. The highest BCUT2D eigenvalue weighted by Crippen LogP contribution is 2.31. The summed E-state index contributed by atoms with van der Waals surface area (Å²) in [6.45, 7) is 1.84. The summed E-state index contributed by atoms with van der Waals surface area (Å²) < 4.78 is 43.9. The molecule has 1 saturated heterocycles. The van der Waals surface area contributed by atoms with Gasteiger partial charge in [0, 0.05) is 31.7 Å². The van der Waals surface area contributed by atoms with Gasteiger partial charge < -0.3 is 9.64 Å². The molecule has 1 aliphatic heterocycles. The van der Waals surface area contributed by atoms with Crippen LogP contribution in [-0.4, -0.2) is 34.6 Å². The summed E-state index contributed by atoms with van der Waals surface area (Å²) in [5.41, 5.74) is -0.666. The second-order valence-electron chi connectivity index (χ2n) is 5.69. The maximum Gasteiger partial charge on any atom is 0.416 e. The number of ether oxygens (including phenoxy) is 1. The predicted molar refractivity (Wildman–Crippen MR) is 81.7 cm³/mol. The van der Waals surface area contributed by atoms with E-state index >= 15 is 0 Å². The summed E-state index contributed by atoms with van der Waals surface area (Å²) in [5.74, 6) is 1.20. The topological polar surface area (TPSA) is 51.1 Å². The Bertz CT molecular complexity index is 658. The Labute approximate surface area is 137 Å². The van der Waals surface area contributed by atoms with E-state index in [2.05, 4.69) is 15.0 Å². The van der Waals surface area contributed by atoms with Gasteiger partial charge in [-0.15, -0.1) is 0 Å². The van der Waals surface area contributed by atoms with E-state index in [0.29, 0.717) is 37.3 Å². The van der Waals surface area contributed by atoms with Crippen molar-refractivity contribution in [3.8, 4) is 5.88 Å². The van der Waals surface area contributed by atoms with E-state index in [9.17, 15) is 13.2 Å². The molecule has 0 amide bonds. The molecule has 0 spiro atoms. The molecule has 8 heteroatoms. The average Bonchev–Trinajstić information content (AvgIpc) is 2.61. The zero-order valence-electron chi connectivity index (χ0n) is 12.9. The van der Waals surface area contributed by atoms with Gasteiger partial charge in [0.1, 0.15) is 5.82 Å². The van der Waals surface area contributed by atoms with Gasteiger partial charge in [-0.3, -0.25) is 4.98 Å². The van der Waals surface area contributed by atoms with Crippen molar-refractivity contribution in [1.82, 2.24) is 15.0 Å². The molecule has 1 fully saturated rings. The number of hydrogen-bond acceptors (Lipinski definition) is 5. The minimum Gasteiger partial charge on any atom is -0.476 e. The lowest BCUT2D eigenvalue weighted by atomic mass is 9.98. The lowest BCUT2D eigenvalue weighted by Gasteiger charge is -2.32. The van der Waals surface area contributed by atoms with E-state index in [4.69, 9.17) is 4.74 Å². The molecule has 128 valence electrons. The Morgan fingerprint density at radius 2 is 1.92 bits per heavy atom. The van der Waals surface area contributed by atoms with Gasteiger partial charge >= 0.3 is 6.18 Å². The summed E-state index contributed by atoms with van der Waals surface area (Å²) in [4.78, 5) is 13.9. The molecule has 1 aliphatic rings. The Morgan fingerprint density at radius 3 is 2.58 bits per heavy atom. The largest absolute Gasteiger partial charge is 0.476 e. The molecule has 0 bridgehead atoms. The molecule has 0 saturated carbocycles. The van der Waals surface area contributed by atoms with Gasteiger partial charge in [-0.1, -0.05) is 0 Å². The van der Waals surface area contributed by atoms with Crippen molar-refractivity contribution in [1.29, 1.82) is 0 Å². The molecule has 2 aromatic rings. The molecule has 24 heavy (non-hydrogen) atoms. The number of piperidine rings is 1. The fraction of sp³-hybridized carbons (Fsp3) is 0.438. The minimum absolute atomic E-state index is 0.342. The molecular formula is C16H17F3N4O. The number of aromatic nitrogens is 3. The fourth-order valence-corrected chi connectivity index (χ4v) is 2.66. The molecule has 0 atom stereocenters. The molecule has 0 aromatic carbocycles. The number of hydrogen-bond donors (Lipinski definition) is 0. The Hall–Kier alpha value is -2.38. The van der Waals surface area contributed by atoms with Crippen LogP contribution in [0.5, 0.6) is 5.88 Å². The summed E-state index contributed by atoms with van der Waals surface area (Å²) in [7, 11) is 0. The van der Waals surface area contributed by atoms with Crippen molar-refractivity contribution in [2.24, 2.45) is 5.92 Å². The molecular weight excluding hydrogens is 321 g/mol. The second kappa shape index (κ2) is 7.02. The van der Waals surface area contributed by atoms with Crippen molar-refractivity contribution >= 4 is 5.82 Å². The standard InChI is InChI=1S/C16H17F3N4O/c17-16(18,19)13-1-4-21-14(9-13)23-7-2-12(3-8-23)11-24-15-10-20-5-6-22-15/h1,4-6,9-10,12H,2-3,7-8,11H2. The monoisotopic (exact) mass is 338 g/mol. The molecule has 0 radical (unpaired) electrons. The van der Waals surface area contributed by atoms with Crippen molar-refractivity contribution in [2.45, 2.75) is 19.0 Å². The van der Waals surface area contributed by atoms with Gasteiger partial charge in [0.2, 0.25) is 5.88 Å². The summed E-state index contributed by atoms with van der Waals surface area (Å²) in [5, 5.41) is 0. The highest BCUT2D eigenvalue weighted by atomic mass is 19.4. The van der Waals surface area contributed by atoms with E-state index in [1.165, 1.54) is 6.20 Å². The van der Waals surface area contributed by atoms with Gasteiger partial charge in [-0.2, -0.15) is 13.2 Å². The molecule has 3 rings (SSSR count). The van der Waals surface area contributed by atoms with Crippen LogP contribution < -0.4 is 9.64 Å². The lowest BCUT2D eigenvalue weighted by molar-refractivity contribution is -0.137. The first-order valence-electron chi connectivity index (χ1n) is 7.69. The molecule has 0 N–H and O–H groups in total. The van der Waals surface area contributed by atoms with Crippen LogP contribution in [0.1, 0.15) is 18.4 Å². The smallest absolute Gasteiger partial charge is 0.416 e. The third-order valence-corrected chi connectivity index (χ3v) is 4.02. The Morgan fingerprint density at radius 1 is 1.12 bits per heavy atom. The minimum atomic E-state index is -4.35. The van der Waals surface area contributed by atoms with Crippen molar-refractivity contribution < 1.29 is 17.9 Å². The number of nitrogens with zero attached hydrogens (tertiary/aromatic N) is 4. The molecule has 3 heterocycles. The molecule has 2 aromatic heterocycles. The molecule has 0 unspecified atom stereocenters. The number of halogens is 3.